The summed E-state index contributed by atoms with van der Waals surface area (Å²) in [5.41, 5.74) is 0.122. The second kappa shape index (κ2) is 7.36. The molecule has 0 aliphatic carbocycles. The quantitative estimate of drug-likeness (QED) is 0.603. The van der Waals surface area contributed by atoms with Gasteiger partial charge < -0.3 is 9.47 Å². The second-order valence-electron chi connectivity index (χ2n) is 4.28. The zero-order valence-corrected chi connectivity index (χ0v) is 13.3. The first-order valence-corrected chi connectivity index (χ1v) is 7.38. The van der Waals surface area contributed by atoms with Crippen LogP contribution < -0.4 is 9.47 Å². The predicted molar refractivity (Wildman–Crippen MR) is 83.2 cm³/mol. The maximum absolute atomic E-state index is 12.5. The molecule has 1 atom stereocenters. The highest BCUT2D eigenvalue weighted by atomic mass is 35.5. The molecule has 0 bridgehead atoms. The Morgan fingerprint density at radius 1 is 0.864 bits per heavy atom. The van der Waals surface area contributed by atoms with Gasteiger partial charge in [-0.15, -0.1) is 0 Å². The molecule has 7 heteroatoms. The standard InChI is InChI=1S/C15H11Cl3F2O2/c16-13(10-4-2-1-3-5-10)21-11-6-8-12(9-7-11)22-15(17,18)14(19)20/h1-9,13-14H. The third-order valence-corrected chi connectivity index (χ3v) is 3.46. The minimum atomic E-state index is -3.04. The lowest BCUT2D eigenvalue weighted by molar-refractivity contribution is 0.0322. The molecular formula is C15H11Cl3F2O2. The topological polar surface area (TPSA) is 18.5 Å². The van der Waals surface area contributed by atoms with E-state index in [-0.39, 0.29) is 5.75 Å². The SMILES string of the molecule is FC(F)C(Cl)(Cl)Oc1ccc(OC(Cl)c2ccccc2)cc1. The molecule has 0 saturated carbocycles. The van der Waals surface area contributed by atoms with Gasteiger partial charge >= 0.3 is 10.9 Å². The monoisotopic (exact) mass is 366 g/mol. The van der Waals surface area contributed by atoms with Crippen LogP contribution >= 0.6 is 34.8 Å². The number of halogens is 5. The van der Waals surface area contributed by atoms with Crippen LogP contribution in [0.15, 0.2) is 54.6 Å². The first-order valence-electron chi connectivity index (χ1n) is 6.19. The molecule has 22 heavy (non-hydrogen) atoms. The fraction of sp³-hybridized carbons (Fsp3) is 0.200. The van der Waals surface area contributed by atoms with Gasteiger partial charge in [0.15, 0.2) is 5.56 Å². The molecule has 2 nitrogen and oxygen atoms in total. The molecule has 2 aromatic rings. The fourth-order valence-corrected chi connectivity index (χ4v) is 2.01. The Balaban J connectivity index is 2.00. The Kier molecular flexibility index (Phi) is 5.73. The molecule has 0 N–H and O–H groups in total. The number of hydrogen-bond acceptors (Lipinski definition) is 2. The summed E-state index contributed by atoms with van der Waals surface area (Å²) in [6.45, 7) is 0. The van der Waals surface area contributed by atoms with Crippen LogP contribution in [0, 0.1) is 0 Å². The Morgan fingerprint density at radius 2 is 1.41 bits per heavy atom. The van der Waals surface area contributed by atoms with Gasteiger partial charge in [-0.3, -0.25) is 0 Å². The zero-order valence-electron chi connectivity index (χ0n) is 11.1. The molecule has 0 fully saturated rings. The van der Waals surface area contributed by atoms with Crippen molar-refractivity contribution >= 4 is 34.8 Å². The maximum atomic E-state index is 12.5. The summed E-state index contributed by atoms with van der Waals surface area (Å²) in [6.07, 6.45) is -3.04. The van der Waals surface area contributed by atoms with Crippen LogP contribution in [0.2, 0.25) is 0 Å². The molecule has 0 radical (unpaired) electrons. The molecule has 2 rings (SSSR count). The summed E-state index contributed by atoms with van der Waals surface area (Å²) in [4.78, 5) is 0. The minimum absolute atomic E-state index is 0.0866. The van der Waals surface area contributed by atoms with Crippen LogP contribution in [0.3, 0.4) is 0 Å². The van der Waals surface area contributed by atoms with Gasteiger partial charge in [-0.05, 0) is 24.3 Å². The van der Waals surface area contributed by atoms with Crippen LogP contribution in [-0.4, -0.2) is 10.9 Å². The van der Waals surface area contributed by atoms with E-state index in [4.69, 9.17) is 44.3 Å². The van der Waals surface area contributed by atoms with Crippen LogP contribution in [-0.2, 0) is 0 Å². The summed E-state index contributed by atoms with van der Waals surface area (Å²) in [5.74, 6) is 0.534. The van der Waals surface area contributed by atoms with Crippen molar-refractivity contribution < 1.29 is 18.3 Å². The van der Waals surface area contributed by atoms with Crippen molar-refractivity contribution in [1.29, 1.82) is 0 Å². The Hall–Kier alpha value is -1.23. The third kappa shape index (κ3) is 4.63. The van der Waals surface area contributed by atoms with Crippen molar-refractivity contribution in [1.82, 2.24) is 0 Å². The number of alkyl halides is 5. The van der Waals surface area contributed by atoms with E-state index in [1.54, 1.807) is 0 Å². The summed E-state index contributed by atoms with van der Waals surface area (Å²) in [7, 11) is 0. The second-order valence-corrected chi connectivity index (χ2v) is 5.99. The summed E-state index contributed by atoms with van der Waals surface area (Å²) < 4.78 is 32.7. The van der Waals surface area contributed by atoms with Gasteiger partial charge in [0, 0.05) is 5.56 Å². The smallest absolute Gasteiger partial charge is 0.319 e. The van der Waals surface area contributed by atoms with Crippen LogP contribution in [0.1, 0.15) is 11.1 Å². The van der Waals surface area contributed by atoms with E-state index in [1.165, 1.54) is 24.3 Å². The number of benzene rings is 2. The van der Waals surface area contributed by atoms with Gasteiger partial charge in [0.1, 0.15) is 11.5 Å². The Morgan fingerprint density at radius 3 is 1.95 bits per heavy atom. The fourth-order valence-electron chi connectivity index (χ4n) is 1.58. The maximum Gasteiger partial charge on any atom is 0.319 e. The van der Waals surface area contributed by atoms with Crippen molar-refractivity contribution in [2.24, 2.45) is 0 Å². The molecule has 0 aliphatic heterocycles. The Bertz CT molecular complexity index is 591. The average Bonchev–Trinajstić information content (AvgIpc) is 2.49. The predicted octanol–water partition coefficient (Wildman–Crippen LogP) is 5.78. The molecule has 0 spiro atoms. The van der Waals surface area contributed by atoms with E-state index in [1.807, 2.05) is 30.3 Å². The summed E-state index contributed by atoms with van der Waals surface area (Å²) in [5, 5.41) is 0. The van der Waals surface area contributed by atoms with E-state index in [2.05, 4.69) is 0 Å². The third-order valence-electron chi connectivity index (χ3n) is 2.63. The van der Waals surface area contributed by atoms with Gasteiger partial charge in [-0.2, -0.15) is 0 Å². The highest BCUT2D eigenvalue weighted by Crippen LogP contribution is 2.33. The lowest BCUT2D eigenvalue weighted by Gasteiger charge is -2.20. The average molecular weight is 368 g/mol. The van der Waals surface area contributed by atoms with Crippen LogP contribution in [0.5, 0.6) is 11.5 Å². The van der Waals surface area contributed by atoms with Gasteiger partial charge in [-0.25, -0.2) is 8.78 Å². The van der Waals surface area contributed by atoms with Crippen molar-refractivity contribution in [2.75, 3.05) is 0 Å². The van der Waals surface area contributed by atoms with Crippen molar-refractivity contribution in [2.45, 2.75) is 16.5 Å². The van der Waals surface area contributed by atoms with Gasteiger partial charge in [0.2, 0.25) is 0 Å². The largest absolute Gasteiger partial charge is 0.470 e. The van der Waals surface area contributed by atoms with E-state index in [9.17, 15) is 8.78 Å². The molecule has 0 amide bonds. The van der Waals surface area contributed by atoms with Gasteiger partial charge in [-0.1, -0.05) is 65.1 Å². The van der Waals surface area contributed by atoms with Crippen molar-refractivity contribution in [3.05, 3.63) is 60.2 Å². The van der Waals surface area contributed by atoms with E-state index in [0.717, 1.165) is 5.56 Å². The van der Waals surface area contributed by atoms with E-state index < -0.39 is 16.5 Å². The molecule has 0 aromatic heterocycles. The number of rotatable bonds is 6. The van der Waals surface area contributed by atoms with Crippen LogP contribution in [0.4, 0.5) is 8.78 Å². The van der Waals surface area contributed by atoms with Crippen LogP contribution in [0.25, 0.3) is 0 Å². The van der Waals surface area contributed by atoms with Gasteiger partial charge in [0.25, 0.3) is 0 Å². The highest BCUT2D eigenvalue weighted by Gasteiger charge is 2.38. The van der Waals surface area contributed by atoms with Gasteiger partial charge in [0.05, 0.1) is 0 Å². The number of hydrogen-bond donors (Lipinski definition) is 0. The minimum Gasteiger partial charge on any atom is -0.470 e. The first kappa shape index (κ1) is 17.1. The molecule has 2 aromatic carbocycles. The molecule has 0 heterocycles. The summed E-state index contributed by atoms with van der Waals surface area (Å²) >= 11 is 16.8. The number of ether oxygens (including phenoxy) is 2. The Labute approximate surface area is 141 Å². The lowest BCUT2D eigenvalue weighted by Crippen LogP contribution is -2.30. The molecule has 1 unspecified atom stereocenters. The highest BCUT2D eigenvalue weighted by molar-refractivity contribution is 6.47. The lowest BCUT2D eigenvalue weighted by atomic mass is 10.2. The molecule has 118 valence electrons. The molecule has 0 saturated heterocycles. The van der Waals surface area contributed by atoms with E-state index >= 15 is 0 Å². The zero-order chi connectivity index (χ0) is 16.2. The van der Waals surface area contributed by atoms with Crippen molar-refractivity contribution in [3.63, 3.8) is 0 Å². The van der Waals surface area contributed by atoms with Crippen molar-refractivity contribution in [3.8, 4) is 11.5 Å². The molecular weight excluding hydrogens is 357 g/mol. The van der Waals surface area contributed by atoms with E-state index in [0.29, 0.717) is 5.75 Å². The first-order chi connectivity index (χ1) is 10.4. The summed E-state index contributed by atoms with van der Waals surface area (Å²) in [6, 6.07) is 15.1. The normalized spacial score (nSPS) is 13.0. The molecule has 0 aliphatic rings.